The van der Waals surface area contributed by atoms with Crippen LogP contribution in [0.2, 0.25) is 0 Å². The van der Waals surface area contributed by atoms with Crippen molar-refractivity contribution in [3.05, 3.63) is 66.1 Å². The Kier molecular flexibility index (Phi) is 8.72. The fourth-order valence-corrected chi connectivity index (χ4v) is 10.1. The molecular formula is C42H43F3N14O3. The number of halogens is 3. The van der Waals surface area contributed by atoms with Crippen molar-refractivity contribution in [1.29, 1.82) is 0 Å². The summed E-state index contributed by atoms with van der Waals surface area (Å²) in [6, 6.07) is 3.86. The molecule has 0 spiro atoms. The Morgan fingerprint density at radius 1 is 0.919 bits per heavy atom. The van der Waals surface area contributed by atoms with Crippen molar-refractivity contribution in [2.75, 3.05) is 48.4 Å². The molecule has 62 heavy (non-hydrogen) atoms. The number of aryl methyl sites for hydroxylation is 1. The van der Waals surface area contributed by atoms with E-state index in [0.29, 0.717) is 53.3 Å². The second-order valence-electron chi connectivity index (χ2n) is 17.2. The van der Waals surface area contributed by atoms with E-state index in [0.717, 1.165) is 31.2 Å². The van der Waals surface area contributed by atoms with Crippen LogP contribution in [0.15, 0.2) is 42.9 Å². The monoisotopic (exact) mass is 848 g/mol. The number of carbonyl (C=O) groups is 2. The normalized spacial score (nSPS) is 25.0. The van der Waals surface area contributed by atoms with Gasteiger partial charge < -0.3 is 34.2 Å². The van der Waals surface area contributed by atoms with Crippen LogP contribution >= 0.6 is 0 Å². The van der Waals surface area contributed by atoms with Crippen LogP contribution in [0.5, 0.6) is 0 Å². The van der Waals surface area contributed by atoms with Gasteiger partial charge in [0.1, 0.15) is 46.1 Å². The molecular weight excluding hydrogens is 806 g/mol. The molecule has 0 unspecified atom stereocenters. The number of hydrogen-bond donors (Lipinski definition) is 1. The number of imidazole rings is 1. The molecule has 5 fully saturated rings. The predicted octanol–water partition coefficient (Wildman–Crippen LogP) is 4.02. The minimum atomic E-state index is -0.920. The van der Waals surface area contributed by atoms with Crippen molar-refractivity contribution >= 4 is 51.6 Å². The number of pyridine rings is 1. The molecule has 5 aromatic heterocycles. The van der Waals surface area contributed by atoms with Crippen molar-refractivity contribution in [1.82, 2.24) is 54.1 Å². The van der Waals surface area contributed by atoms with Gasteiger partial charge in [-0.15, -0.1) is 0 Å². The summed E-state index contributed by atoms with van der Waals surface area (Å²) < 4.78 is 55.0. The Morgan fingerprint density at radius 3 is 2.55 bits per heavy atom. The van der Waals surface area contributed by atoms with Crippen LogP contribution in [0.4, 0.5) is 30.9 Å². The number of hydrogen-bond acceptors (Lipinski definition) is 13. The number of fused-ring (bicyclic) bond motifs is 8. The molecule has 6 bridgehead atoms. The first kappa shape index (κ1) is 38.5. The molecule has 4 saturated heterocycles. The molecule has 6 aliphatic rings. The number of likely N-dealkylation sites (N-methyl/N-ethyl adjacent to an activating group) is 1. The van der Waals surface area contributed by atoms with E-state index in [2.05, 4.69) is 25.4 Å². The molecule has 5 aliphatic heterocycles. The number of piperazine rings is 1. The van der Waals surface area contributed by atoms with Crippen molar-refractivity contribution in [2.45, 2.75) is 88.8 Å². The summed E-state index contributed by atoms with van der Waals surface area (Å²) >= 11 is 0. The summed E-state index contributed by atoms with van der Waals surface area (Å²) in [6.45, 7) is 7.20. The number of nitrogens with zero attached hydrogens (tertiary/aromatic N) is 13. The van der Waals surface area contributed by atoms with E-state index in [1.165, 1.54) is 16.9 Å². The lowest BCUT2D eigenvalue weighted by Crippen LogP contribution is -2.79. The van der Waals surface area contributed by atoms with Crippen LogP contribution in [0.25, 0.3) is 39.1 Å². The minimum Gasteiger partial charge on any atom is -0.375 e. The number of nitrogens with one attached hydrogen (secondary N) is 1. The third kappa shape index (κ3) is 5.96. The Balaban J connectivity index is 1.05. The number of benzene rings is 1. The number of amides is 2. The maximum Gasteiger partial charge on any atom is 0.248 e. The van der Waals surface area contributed by atoms with Gasteiger partial charge in [-0.05, 0) is 58.2 Å². The number of carbonyl (C=O) groups excluding carboxylic acids is 2. The standard InChI is InChI=1S/C42H43F3N14O3/c1-5-62-26-19-54(4)38(60)32-13-23(50-40-47-16-29(45)33(51-40)34-35-30(10-11-46-34)49-21(2)55(35)20-26)17-57(32)36-27-15-48-59(31-9-6-22(43)12-28(31)44)37(27)53-41(52-36)58-25-14-42(58,3)39(61)56(18-25)24-7-8-24/h6,9-12,15-16,23-26,32H,5,7-8,13-14,17-20H2,1-4H3,(H,47,50,51)/t23-,25-,26-,32-,42+/m0/s1. The highest BCUT2D eigenvalue weighted by molar-refractivity contribution is 5.97. The molecule has 20 heteroatoms. The molecule has 6 aromatic rings. The highest BCUT2D eigenvalue weighted by Crippen LogP contribution is 2.48. The molecule has 320 valence electrons. The van der Waals surface area contributed by atoms with Gasteiger partial charge in [-0.1, -0.05) is 0 Å². The summed E-state index contributed by atoms with van der Waals surface area (Å²) in [5.41, 5.74) is 0.733. The second kappa shape index (κ2) is 14.0. The Hall–Kier alpha value is -6.44. The molecule has 5 atom stereocenters. The summed E-state index contributed by atoms with van der Waals surface area (Å²) in [7, 11) is 1.73. The number of anilines is 3. The fourth-order valence-electron chi connectivity index (χ4n) is 10.1. The zero-order valence-corrected chi connectivity index (χ0v) is 34.5. The van der Waals surface area contributed by atoms with E-state index in [9.17, 15) is 14.0 Å². The molecule has 1 N–H and O–H groups in total. The smallest absolute Gasteiger partial charge is 0.248 e. The molecule has 1 aliphatic carbocycles. The molecule has 0 radical (unpaired) electrons. The first-order valence-corrected chi connectivity index (χ1v) is 21.0. The average Bonchev–Trinajstić information content (AvgIpc) is 3.74. The van der Waals surface area contributed by atoms with Crippen molar-refractivity contribution in [3.8, 4) is 17.1 Å². The summed E-state index contributed by atoms with van der Waals surface area (Å²) in [5.74, 6) is -1.12. The third-order valence-electron chi connectivity index (χ3n) is 13.0. The predicted molar refractivity (Wildman–Crippen MR) is 220 cm³/mol. The SMILES string of the molecule is CCO[C@H]1CN(C)C(=O)[C@@H]2C[C@@H](CN2c2nc(N3[C@@H]4CN(C5CC5)C(=O)[C@@]3(C)C4)nc3c2cnn3-c2ccc(F)cc2F)Nc2ncc(F)c(n2)-c2nccc3nc(C)n(c23)C1. The molecule has 1 saturated carbocycles. The third-order valence-corrected chi connectivity index (χ3v) is 13.0. The van der Waals surface area contributed by atoms with Gasteiger partial charge >= 0.3 is 0 Å². The number of piperidine rings is 1. The van der Waals surface area contributed by atoms with Gasteiger partial charge in [0.15, 0.2) is 17.3 Å². The Morgan fingerprint density at radius 2 is 1.76 bits per heavy atom. The van der Waals surface area contributed by atoms with Crippen molar-refractivity contribution in [2.24, 2.45) is 0 Å². The number of aromatic nitrogens is 9. The number of ether oxygens (including phenoxy) is 1. The molecule has 12 rings (SSSR count). The largest absolute Gasteiger partial charge is 0.375 e. The lowest BCUT2D eigenvalue weighted by atomic mass is 9.75. The zero-order chi connectivity index (χ0) is 42.8. The quantitative estimate of drug-likeness (QED) is 0.256. The lowest BCUT2D eigenvalue weighted by molar-refractivity contribution is -0.147. The van der Waals surface area contributed by atoms with Crippen LogP contribution < -0.4 is 15.1 Å². The first-order valence-electron chi connectivity index (χ1n) is 21.0. The minimum absolute atomic E-state index is 0.00562. The summed E-state index contributed by atoms with van der Waals surface area (Å²) in [4.78, 5) is 64.9. The lowest BCUT2D eigenvalue weighted by Gasteiger charge is -2.62. The van der Waals surface area contributed by atoms with Gasteiger partial charge in [-0.2, -0.15) is 15.1 Å². The molecule has 2 amide bonds. The van der Waals surface area contributed by atoms with Gasteiger partial charge in [-0.25, -0.2) is 32.8 Å². The van der Waals surface area contributed by atoms with E-state index in [1.54, 1.807) is 24.2 Å². The van der Waals surface area contributed by atoms with E-state index >= 15 is 8.78 Å². The van der Waals surface area contributed by atoms with Gasteiger partial charge in [0, 0.05) is 64.1 Å². The molecule has 1 aromatic carbocycles. The Labute approximate surface area is 352 Å². The van der Waals surface area contributed by atoms with Crippen LogP contribution in [0.3, 0.4) is 0 Å². The Bertz CT molecular complexity index is 2830. The second-order valence-corrected chi connectivity index (χ2v) is 17.2. The van der Waals surface area contributed by atoms with Crippen molar-refractivity contribution < 1.29 is 27.5 Å². The van der Waals surface area contributed by atoms with E-state index in [-0.39, 0.29) is 78.9 Å². The molecule has 10 heterocycles. The zero-order valence-electron chi connectivity index (χ0n) is 34.5. The van der Waals surface area contributed by atoms with Crippen LogP contribution in [0, 0.1) is 24.4 Å². The van der Waals surface area contributed by atoms with Gasteiger partial charge in [-0.3, -0.25) is 14.6 Å². The van der Waals surface area contributed by atoms with Crippen LogP contribution in [0.1, 0.15) is 45.4 Å². The van der Waals surface area contributed by atoms with Crippen LogP contribution in [-0.2, 0) is 20.9 Å². The molecule has 17 nitrogen and oxygen atoms in total. The topological polar surface area (TPSA) is 168 Å². The van der Waals surface area contributed by atoms with Gasteiger partial charge in [0.2, 0.25) is 23.7 Å². The van der Waals surface area contributed by atoms with Gasteiger partial charge in [0.25, 0.3) is 0 Å². The van der Waals surface area contributed by atoms with E-state index < -0.39 is 41.2 Å². The maximum absolute atomic E-state index is 15.8. The van der Waals surface area contributed by atoms with Crippen molar-refractivity contribution in [3.63, 3.8) is 0 Å². The highest BCUT2D eigenvalue weighted by Gasteiger charge is 2.62. The van der Waals surface area contributed by atoms with Gasteiger partial charge in [0.05, 0.1) is 47.5 Å². The first-order chi connectivity index (χ1) is 29.9. The van der Waals surface area contributed by atoms with E-state index in [1.807, 2.05) is 40.0 Å². The maximum atomic E-state index is 15.8. The fraction of sp³-hybridized carbons (Fsp3) is 0.452. The highest BCUT2D eigenvalue weighted by atomic mass is 19.1. The van der Waals surface area contributed by atoms with E-state index in [4.69, 9.17) is 19.7 Å². The average molecular weight is 849 g/mol. The number of rotatable bonds is 6. The van der Waals surface area contributed by atoms with Crippen LogP contribution in [-0.4, -0.2) is 135 Å². The summed E-state index contributed by atoms with van der Waals surface area (Å²) in [5, 5.41) is 8.32. The summed E-state index contributed by atoms with van der Waals surface area (Å²) in [6.07, 6.45) is 6.50.